The largest absolute Gasteiger partial charge is 0.497 e. The van der Waals surface area contributed by atoms with E-state index in [1.165, 1.54) is 49.9 Å². The molecule has 0 fully saturated rings. The van der Waals surface area contributed by atoms with Crippen LogP contribution in [0.1, 0.15) is 237 Å². The summed E-state index contributed by atoms with van der Waals surface area (Å²) in [4.78, 5) is 0. The summed E-state index contributed by atoms with van der Waals surface area (Å²) in [5, 5.41) is 1.19. The van der Waals surface area contributed by atoms with Gasteiger partial charge in [0.15, 0.2) is 34.5 Å². The molecule has 0 atom stereocenters. The lowest BCUT2D eigenvalue weighted by atomic mass is 9.86. The van der Waals surface area contributed by atoms with Crippen LogP contribution in [0.4, 0.5) is 0 Å². The van der Waals surface area contributed by atoms with Gasteiger partial charge in [-0.3, -0.25) is 0 Å². The smallest absolute Gasteiger partial charge is 0.231 e. The van der Waals surface area contributed by atoms with Gasteiger partial charge in [0.25, 0.3) is 0 Å². The summed E-state index contributed by atoms with van der Waals surface area (Å²) in [6, 6.07) is 53.7. The molecule has 0 N–H and O–H groups in total. The van der Waals surface area contributed by atoms with Crippen molar-refractivity contribution in [3.63, 3.8) is 0 Å². The fraction of sp³-hybridized carbons (Fsp3) is 0.485. The molecule has 0 saturated heterocycles. The molecule has 0 amide bonds. The second-order valence-corrected chi connectivity index (χ2v) is 35.9. The van der Waals surface area contributed by atoms with E-state index >= 15 is 0 Å². The predicted octanol–water partition coefficient (Wildman–Crippen LogP) is 25.5. The molecule has 8 aromatic carbocycles. The summed E-state index contributed by atoms with van der Waals surface area (Å²) >= 11 is 0. The molecule has 1 aromatic heterocycles. The molecule has 0 aliphatic carbocycles. The highest BCUT2D eigenvalue weighted by molar-refractivity contribution is 5.78. The fourth-order valence-corrected chi connectivity index (χ4v) is 11.2. The second kappa shape index (κ2) is 40.7. The summed E-state index contributed by atoms with van der Waals surface area (Å²) in [7, 11) is 11.5. The zero-order chi connectivity index (χ0) is 83.0. The highest BCUT2D eigenvalue weighted by Crippen LogP contribution is 2.43. The highest BCUT2D eigenvalue weighted by Gasteiger charge is 2.25. The molecule has 0 unspecified atom stereocenters. The van der Waals surface area contributed by atoms with Crippen LogP contribution in [0.15, 0.2) is 168 Å². The van der Waals surface area contributed by atoms with Crippen LogP contribution in [-0.4, -0.2) is 75.9 Å². The third-order valence-electron chi connectivity index (χ3n) is 18.2. The van der Waals surface area contributed by atoms with Gasteiger partial charge < -0.3 is 61.3 Å². The molecule has 13 nitrogen and oxygen atoms in total. The zero-order valence-electron chi connectivity index (χ0n) is 73.8. The van der Waals surface area contributed by atoms with Crippen molar-refractivity contribution >= 4 is 11.0 Å². The van der Waals surface area contributed by atoms with Crippen molar-refractivity contribution in [3.8, 4) is 69.0 Å². The van der Waals surface area contributed by atoms with Crippen LogP contribution in [0.25, 0.3) is 11.0 Å². The Balaban J connectivity index is 0.000000265. The third-order valence-corrected chi connectivity index (χ3v) is 18.2. The zero-order valence-corrected chi connectivity index (χ0v) is 73.8. The lowest BCUT2D eigenvalue weighted by Gasteiger charge is -2.22. The van der Waals surface area contributed by atoms with Crippen LogP contribution in [0.5, 0.6) is 69.0 Å². The van der Waals surface area contributed by atoms with Crippen molar-refractivity contribution in [1.82, 2.24) is 0 Å². The molecular formula is C97H138O13. The maximum absolute atomic E-state index is 5.58. The van der Waals surface area contributed by atoms with Crippen molar-refractivity contribution in [2.45, 2.75) is 243 Å². The van der Waals surface area contributed by atoms with Crippen molar-refractivity contribution in [2.75, 3.05) is 69.8 Å². The predicted molar refractivity (Wildman–Crippen MR) is 459 cm³/mol. The van der Waals surface area contributed by atoms with E-state index in [9.17, 15) is 0 Å². The summed E-state index contributed by atoms with van der Waals surface area (Å²) in [6.07, 6.45) is 3.05. The summed E-state index contributed by atoms with van der Waals surface area (Å²) < 4.78 is 69.1. The van der Waals surface area contributed by atoms with Crippen molar-refractivity contribution < 1.29 is 61.3 Å². The maximum atomic E-state index is 5.58. The van der Waals surface area contributed by atoms with Crippen LogP contribution in [0.2, 0.25) is 0 Å². The number of hydrogen-bond acceptors (Lipinski definition) is 13. The van der Waals surface area contributed by atoms with E-state index in [1.807, 2.05) is 99.6 Å². The van der Waals surface area contributed by atoms with Crippen molar-refractivity contribution in [2.24, 2.45) is 0 Å². The fourth-order valence-electron chi connectivity index (χ4n) is 11.2. The molecule has 110 heavy (non-hydrogen) atoms. The first-order valence-corrected chi connectivity index (χ1v) is 38.5. The molecule has 2 aliphatic heterocycles. The Morgan fingerprint density at radius 1 is 0.327 bits per heavy atom. The van der Waals surface area contributed by atoms with Gasteiger partial charge in [0, 0.05) is 17.9 Å². The summed E-state index contributed by atoms with van der Waals surface area (Å²) in [6.45, 7) is 60.7. The lowest BCUT2D eigenvalue weighted by Crippen LogP contribution is -2.12. The van der Waals surface area contributed by atoms with E-state index in [-0.39, 0.29) is 49.4 Å². The molecule has 0 spiro atoms. The monoisotopic (exact) mass is 1510 g/mol. The number of methoxy groups -OCH3 is 7. The van der Waals surface area contributed by atoms with Gasteiger partial charge in [0.2, 0.25) is 12.5 Å². The SMILES string of the molecule is CC(C)(C)c1ccc2c(c1)CCO2.CC(C)(C)c1ccc2c(c1)OCO2.CC(C)(C)c1ccc2occc2c1.CC(C)Oc1ccc(C(C)(C)C)cc1.CCOc1ccc(C(C)(C)C)cc1.COc1cc(C(C)(C)C)cc(OC)c1OC.COc1ccc(C(C)(C)C)c(OC)c1.COc1ccc(C(C)(C)C)cc1OC. The Morgan fingerprint density at radius 3 is 1.20 bits per heavy atom. The Morgan fingerprint density at radius 2 is 0.745 bits per heavy atom. The number of benzene rings is 8. The Kier molecular flexibility index (Phi) is 34.5. The Bertz CT molecular complexity index is 4120. The minimum atomic E-state index is 0.0484. The molecule has 3 heterocycles. The van der Waals surface area contributed by atoms with E-state index in [1.54, 1.807) is 56.0 Å². The Hall–Kier alpha value is -9.10. The first-order chi connectivity index (χ1) is 51.1. The van der Waals surface area contributed by atoms with Gasteiger partial charge in [-0.25, -0.2) is 0 Å². The lowest BCUT2D eigenvalue weighted by molar-refractivity contribution is 0.174. The normalized spacial score (nSPS) is 12.3. The van der Waals surface area contributed by atoms with Crippen LogP contribution in [0, 0.1) is 0 Å². The first kappa shape index (κ1) is 93.3. The van der Waals surface area contributed by atoms with Crippen molar-refractivity contribution in [3.05, 3.63) is 214 Å². The third kappa shape index (κ3) is 29.6. The average molecular weight is 1510 g/mol. The number of fused-ring (bicyclic) bond motifs is 3. The quantitative estimate of drug-likeness (QED) is 0.122. The van der Waals surface area contributed by atoms with Crippen LogP contribution >= 0.6 is 0 Å². The van der Waals surface area contributed by atoms with Gasteiger partial charge in [-0.15, -0.1) is 0 Å². The molecule has 0 saturated carbocycles. The van der Waals surface area contributed by atoms with Crippen LogP contribution < -0.4 is 56.8 Å². The first-order valence-electron chi connectivity index (χ1n) is 38.5. The summed E-state index contributed by atoms with van der Waals surface area (Å²) in [5.41, 5.74) is 14.0. The molecule has 9 aromatic rings. The molecular weight excluding hydrogens is 1370 g/mol. The van der Waals surface area contributed by atoms with Crippen molar-refractivity contribution in [1.29, 1.82) is 0 Å². The van der Waals surface area contributed by atoms with E-state index < -0.39 is 0 Å². The van der Waals surface area contributed by atoms with E-state index in [2.05, 4.69) is 245 Å². The highest BCUT2D eigenvalue weighted by atomic mass is 16.7. The minimum absolute atomic E-state index is 0.0484. The average Bonchev–Trinajstić information content (AvgIpc) is 1.08. The standard InChI is InChI=1S/C13H20O3.C13H20O.2C12H18O2.C12H16O.C12H14O.C12H18O.C11H14O2/c1-13(2,3)9-7-10(14-4)12(16-6)11(8-9)15-5;1-10(2)14-12-8-6-11(7-9-12)13(3,4)5;1-12(2,3)10-7-6-9(13-4)8-11(10)14-5;1-12(2,3)9-6-7-10(13-4)11(8-9)14-5;2*1-12(2,3)10-4-5-11-9(8-10)6-7-13-11;1-5-13-11-8-6-10(7-9-11)12(2,3)4;1-11(2,3)8-4-5-9-10(6-8)13-7-12-9/h7-8H,1-6H3;6-10H,1-5H3;2*6-8H,1-5H3;4-5,8H,6-7H2,1-3H3;4-8H,1-3H3;6-9H,5H2,1-4H3;4-6H,7H2,1-3H3. The topological polar surface area (TPSA) is 124 Å². The van der Waals surface area contributed by atoms with Gasteiger partial charge >= 0.3 is 0 Å². The van der Waals surface area contributed by atoms with Gasteiger partial charge in [-0.05, 0) is 205 Å². The van der Waals surface area contributed by atoms with Crippen LogP contribution in [-0.2, 0) is 49.7 Å². The molecule has 0 radical (unpaired) electrons. The second-order valence-electron chi connectivity index (χ2n) is 35.9. The van der Waals surface area contributed by atoms with E-state index in [4.69, 9.17) is 61.3 Å². The van der Waals surface area contributed by atoms with Crippen LogP contribution in [0.3, 0.4) is 0 Å². The van der Waals surface area contributed by atoms with Gasteiger partial charge in [-0.2, -0.15) is 0 Å². The van der Waals surface area contributed by atoms with Gasteiger partial charge in [0.05, 0.1) is 75.3 Å². The number of furan rings is 1. The molecule has 11 rings (SSSR count). The Labute approximate surface area is 664 Å². The van der Waals surface area contributed by atoms with Gasteiger partial charge in [0.1, 0.15) is 34.3 Å². The minimum Gasteiger partial charge on any atom is -0.497 e. The molecule has 13 heteroatoms. The number of hydrogen-bond donors (Lipinski definition) is 0. The number of rotatable bonds is 11. The summed E-state index contributed by atoms with van der Waals surface area (Å²) in [5.74, 6) is 10.0. The maximum Gasteiger partial charge on any atom is 0.231 e. The molecule has 604 valence electrons. The van der Waals surface area contributed by atoms with E-state index in [0.29, 0.717) is 24.0 Å². The van der Waals surface area contributed by atoms with Gasteiger partial charge in [-0.1, -0.05) is 227 Å². The molecule has 2 aliphatic rings. The number of ether oxygens (including phenoxy) is 12. The molecule has 0 bridgehead atoms. The van der Waals surface area contributed by atoms with E-state index in [0.717, 1.165) is 82.5 Å².